The molecule has 1 aromatic carbocycles. The minimum Gasteiger partial charge on any atom is -0.368 e. The minimum atomic E-state index is -0.814. The highest BCUT2D eigenvalue weighted by molar-refractivity contribution is 5.82. The van der Waals surface area contributed by atoms with Crippen molar-refractivity contribution in [1.82, 2.24) is 9.66 Å². The average molecular weight is 290 g/mol. The van der Waals surface area contributed by atoms with Gasteiger partial charge in [0.05, 0.1) is 28.0 Å². The number of nitrogens with zero attached hydrogens (tertiary/aromatic N) is 5. The Labute approximate surface area is 117 Å². The highest BCUT2D eigenvalue weighted by atomic mass is 16.6. The number of hydrogen-bond acceptors (Lipinski definition) is 7. The monoisotopic (exact) mass is 290 g/mol. The molecule has 1 heterocycles. The van der Waals surface area contributed by atoms with E-state index < -0.39 is 21.2 Å². The summed E-state index contributed by atoms with van der Waals surface area (Å²) in [5, 5.41) is 25.5. The molecule has 0 fully saturated rings. The summed E-state index contributed by atoms with van der Waals surface area (Å²) in [5.74, 6) is 0.167. The first kappa shape index (κ1) is 14.1. The number of aromatic nitrogens is 2. The summed E-state index contributed by atoms with van der Waals surface area (Å²) in [5.41, 5.74) is 5.41. The van der Waals surface area contributed by atoms with Crippen LogP contribution in [-0.4, -0.2) is 25.7 Å². The van der Waals surface area contributed by atoms with Crippen LogP contribution in [0.15, 0.2) is 29.5 Å². The molecule has 2 rings (SSSR count). The average Bonchev–Trinajstić information content (AvgIpc) is 2.74. The first-order chi connectivity index (χ1) is 9.88. The topological polar surface area (TPSA) is 142 Å². The molecule has 1 aromatic heterocycles. The number of nitro benzene ring substituents is 2. The molecular weight excluding hydrogens is 280 g/mol. The normalized spacial score (nSPS) is 10.9. The predicted molar refractivity (Wildman–Crippen MR) is 74.1 cm³/mol. The van der Waals surface area contributed by atoms with E-state index in [4.69, 9.17) is 5.73 Å². The molecule has 0 aliphatic heterocycles. The molecule has 2 aromatic rings. The van der Waals surface area contributed by atoms with Crippen molar-refractivity contribution in [2.75, 3.05) is 5.73 Å². The molecule has 0 spiro atoms. The summed E-state index contributed by atoms with van der Waals surface area (Å²) >= 11 is 0. The quantitative estimate of drug-likeness (QED) is 0.513. The number of imidazole rings is 1. The molecule has 10 nitrogen and oxygen atoms in total. The van der Waals surface area contributed by atoms with E-state index in [1.54, 1.807) is 13.1 Å². The van der Waals surface area contributed by atoms with Crippen molar-refractivity contribution >= 4 is 23.5 Å². The van der Waals surface area contributed by atoms with Gasteiger partial charge in [-0.3, -0.25) is 20.2 Å². The van der Waals surface area contributed by atoms with Crippen LogP contribution in [0.2, 0.25) is 0 Å². The van der Waals surface area contributed by atoms with Crippen molar-refractivity contribution in [2.24, 2.45) is 5.10 Å². The second-order valence-corrected chi connectivity index (χ2v) is 4.09. The van der Waals surface area contributed by atoms with E-state index in [-0.39, 0.29) is 5.95 Å². The van der Waals surface area contributed by atoms with Gasteiger partial charge in [-0.2, -0.15) is 5.10 Å². The number of nitrogens with two attached hydrogens (primary N) is 1. The van der Waals surface area contributed by atoms with Crippen LogP contribution in [0, 0.1) is 27.2 Å². The van der Waals surface area contributed by atoms with Gasteiger partial charge in [-0.1, -0.05) is 0 Å². The Morgan fingerprint density at radius 3 is 2.48 bits per heavy atom. The molecule has 108 valence electrons. The molecule has 0 unspecified atom stereocenters. The Bertz CT molecular complexity index is 751. The van der Waals surface area contributed by atoms with E-state index >= 15 is 0 Å². The van der Waals surface area contributed by atoms with Gasteiger partial charge in [0, 0.05) is 17.7 Å². The van der Waals surface area contributed by atoms with Crippen LogP contribution in [0.1, 0.15) is 11.3 Å². The second kappa shape index (κ2) is 5.36. The van der Waals surface area contributed by atoms with Crippen LogP contribution in [0.4, 0.5) is 17.3 Å². The molecule has 21 heavy (non-hydrogen) atoms. The summed E-state index contributed by atoms with van der Waals surface area (Å²) in [6.07, 6.45) is 2.87. The van der Waals surface area contributed by atoms with E-state index in [1.165, 1.54) is 17.0 Å². The fourth-order valence-corrected chi connectivity index (χ4v) is 1.65. The summed E-state index contributed by atoms with van der Waals surface area (Å²) < 4.78 is 1.29. The van der Waals surface area contributed by atoms with Crippen LogP contribution in [-0.2, 0) is 0 Å². The highest BCUT2D eigenvalue weighted by Crippen LogP contribution is 2.26. The Morgan fingerprint density at radius 2 is 1.95 bits per heavy atom. The molecule has 0 atom stereocenters. The number of benzene rings is 1. The van der Waals surface area contributed by atoms with E-state index in [0.29, 0.717) is 11.3 Å². The number of nitro groups is 2. The fourth-order valence-electron chi connectivity index (χ4n) is 1.65. The minimum absolute atomic E-state index is 0.167. The third-order valence-electron chi connectivity index (χ3n) is 2.56. The lowest BCUT2D eigenvalue weighted by molar-refractivity contribution is -0.422. The molecular formula is C11H10N6O4. The molecule has 0 bridgehead atoms. The van der Waals surface area contributed by atoms with Crippen molar-refractivity contribution in [1.29, 1.82) is 0 Å². The smallest absolute Gasteiger partial charge is 0.346 e. The maximum Gasteiger partial charge on any atom is 0.346 e. The summed E-state index contributed by atoms with van der Waals surface area (Å²) in [4.78, 5) is 23.8. The summed E-state index contributed by atoms with van der Waals surface area (Å²) in [6, 6.07) is 3.48. The van der Waals surface area contributed by atoms with Crippen LogP contribution in [0.5, 0.6) is 0 Å². The standard InChI is InChI=1S/C11H10N6O4/c1-7-6-15(11(12)14-7)13-5-8-2-3-9(16(18)19)10(4-8)17(20)21/h2-6H,1H3,(H2,12,14). The second-order valence-electron chi connectivity index (χ2n) is 4.09. The lowest BCUT2D eigenvalue weighted by atomic mass is 10.2. The SMILES string of the molecule is Cc1cn(N=Cc2ccc([N+](=O)[O-])c([N+](=O)[O-])c2)c(N)n1. The van der Waals surface area contributed by atoms with E-state index in [2.05, 4.69) is 10.1 Å². The molecule has 0 aliphatic rings. The van der Waals surface area contributed by atoms with Crippen molar-refractivity contribution in [3.63, 3.8) is 0 Å². The van der Waals surface area contributed by atoms with Crippen LogP contribution >= 0.6 is 0 Å². The van der Waals surface area contributed by atoms with Gasteiger partial charge in [-0.05, 0) is 13.0 Å². The van der Waals surface area contributed by atoms with Gasteiger partial charge in [0.25, 0.3) is 0 Å². The molecule has 0 saturated carbocycles. The van der Waals surface area contributed by atoms with Gasteiger partial charge < -0.3 is 5.73 Å². The Balaban J connectivity index is 2.37. The van der Waals surface area contributed by atoms with Crippen LogP contribution in [0.3, 0.4) is 0 Å². The summed E-state index contributed by atoms with van der Waals surface area (Å²) in [6.45, 7) is 1.74. The first-order valence-corrected chi connectivity index (χ1v) is 5.67. The summed E-state index contributed by atoms with van der Waals surface area (Å²) in [7, 11) is 0. The zero-order valence-corrected chi connectivity index (χ0v) is 10.8. The van der Waals surface area contributed by atoms with Gasteiger partial charge in [0.1, 0.15) is 0 Å². The van der Waals surface area contributed by atoms with E-state index in [1.807, 2.05) is 0 Å². The molecule has 10 heteroatoms. The number of rotatable bonds is 4. The molecule has 0 aliphatic carbocycles. The Hall–Kier alpha value is -3.30. The van der Waals surface area contributed by atoms with Crippen LogP contribution in [0.25, 0.3) is 0 Å². The molecule has 0 amide bonds. The number of aryl methyl sites for hydroxylation is 1. The Morgan fingerprint density at radius 1 is 1.29 bits per heavy atom. The third-order valence-corrected chi connectivity index (χ3v) is 2.56. The zero-order chi connectivity index (χ0) is 15.6. The molecule has 0 radical (unpaired) electrons. The van der Waals surface area contributed by atoms with Gasteiger partial charge in [0.2, 0.25) is 5.95 Å². The maximum atomic E-state index is 10.8. The number of nitrogen functional groups attached to an aromatic ring is 1. The highest BCUT2D eigenvalue weighted by Gasteiger charge is 2.23. The maximum absolute atomic E-state index is 10.8. The lowest BCUT2D eigenvalue weighted by Gasteiger charge is -1.97. The predicted octanol–water partition coefficient (Wildman–Crippen LogP) is 1.47. The van der Waals surface area contributed by atoms with E-state index in [9.17, 15) is 20.2 Å². The molecule has 0 saturated heterocycles. The number of anilines is 1. The zero-order valence-electron chi connectivity index (χ0n) is 10.8. The fraction of sp³-hybridized carbons (Fsp3) is 0.0909. The van der Waals surface area contributed by atoms with Gasteiger partial charge in [0.15, 0.2) is 0 Å². The van der Waals surface area contributed by atoms with Crippen molar-refractivity contribution in [2.45, 2.75) is 6.92 Å². The van der Waals surface area contributed by atoms with Gasteiger partial charge >= 0.3 is 11.4 Å². The van der Waals surface area contributed by atoms with E-state index in [0.717, 1.165) is 12.1 Å². The lowest BCUT2D eigenvalue weighted by Crippen LogP contribution is -1.99. The van der Waals surface area contributed by atoms with Crippen molar-refractivity contribution < 1.29 is 9.85 Å². The Kier molecular flexibility index (Phi) is 3.61. The van der Waals surface area contributed by atoms with Crippen LogP contribution < -0.4 is 5.73 Å². The molecule has 2 N–H and O–H groups in total. The largest absolute Gasteiger partial charge is 0.368 e. The first-order valence-electron chi connectivity index (χ1n) is 5.67. The van der Waals surface area contributed by atoms with Crippen molar-refractivity contribution in [3.05, 3.63) is 55.9 Å². The van der Waals surface area contributed by atoms with Gasteiger partial charge in [-0.15, -0.1) is 0 Å². The van der Waals surface area contributed by atoms with Crippen molar-refractivity contribution in [3.8, 4) is 0 Å². The van der Waals surface area contributed by atoms with Gasteiger partial charge in [-0.25, -0.2) is 9.66 Å². The number of hydrogen-bond donors (Lipinski definition) is 1. The third kappa shape index (κ3) is 3.00.